The number of hydrogen-bond acceptors (Lipinski definition) is 6. The van der Waals surface area contributed by atoms with E-state index in [-0.39, 0.29) is 18.2 Å². The van der Waals surface area contributed by atoms with Crippen LogP contribution in [0.2, 0.25) is 0 Å². The fourth-order valence-electron chi connectivity index (χ4n) is 3.54. The highest BCUT2D eigenvalue weighted by molar-refractivity contribution is 6.00. The molecule has 8 heteroatoms. The van der Waals surface area contributed by atoms with Gasteiger partial charge in [-0.05, 0) is 12.1 Å². The first-order valence-electron chi connectivity index (χ1n) is 8.82. The SMILES string of the molecule is CN(C)c1cc(NC(=O)N2CCC3(CC(=O)c4ccccc4O3)C2)ncn1. The van der Waals surface area contributed by atoms with Gasteiger partial charge in [-0.2, -0.15) is 0 Å². The van der Waals surface area contributed by atoms with Crippen molar-refractivity contribution < 1.29 is 14.3 Å². The predicted octanol–water partition coefficient (Wildman–Crippen LogP) is 2.18. The minimum Gasteiger partial charge on any atom is -0.484 e. The van der Waals surface area contributed by atoms with E-state index in [1.807, 2.05) is 31.1 Å². The number of carbonyl (C=O) groups is 2. The van der Waals surface area contributed by atoms with Gasteiger partial charge in [0.2, 0.25) is 0 Å². The summed E-state index contributed by atoms with van der Waals surface area (Å²) in [5.74, 6) is 1.80. The number of para-hydroxylation sites is 1. The number of ketones is 1. The summed E-state index contributed by atoms with van der Waals surface area (Å²) in [6, 6.07) is 8.71. The molecule has 4 rings (SSSR count). The van der Waals surface area contributed by atoms with E-state index in [4.69, 9.17) is 4.74 Å². The zero-order valence-corrected chi connectivity index (χ0v) is 15.3. The van der Waals surface area contributed by atoms with Crippen LogP contribution in [0, 0.1) is 0 Å². The van der Waals surface area contributed by atoms with Gasteiger partial charge in [0.05, 0.1) is 18.5 Å². The molecule has 0 saturated carbocycles. The first-order valence-corrected chi connectivity index (χ1v) is 8.82. The first kappa shape index (κ1) is 17.3. The Bertz CT molecular complexity index is 900. The lowest BCUT2D eigenvalue weighted by molar-refractivity contribution is 0.0482. The lowest BCUT2D eigenvalue weighted by Crippen LogP contribution is -2.46. The molecular formula is C19H21N5O3. The van der Waals surface area contributed by atoms with Gasteiger partial charge in [-0.3, -0.25) is 10.1 Å². The Hall–Kier alpha value is -3.16. The average molecular weight is 367 g/mol. The maximum atomic E-state index is 12.6. The van der Waals surface area contributed by atoms with Gasteiger partial charge in [-0.25, -0.2) is 14.8 Å². The number of likely N-dealkylation sites (tertiary alicyclic amines) is 1. The van der Waals surface area contributed by atoms with Gasteiger partial charge in [0.1, 0.15) is 29.3 Å². The monoisotopic (exact) mass is 367 g/mol. The minimum atomic E-state index is -0.650. The van der Waals surface area contributed by atoms with Crippen LogP contribution in [0.25, 0.3) is 0 Å². The van der Waals surface area contributed by atoms with Gasteiger partial charge in [0.25, 0.3) is 0 Å². The number of Topliss-reactive ketones (excluding diaryl/α,β-unsaturated/α-hetero) is 1. The third-order valence-corrected chi connectivity index (χ3v) is 4.95. The van der Waals surface area contributed by atoms with Crippen molar-refractivity contribution in [1.29, 1.82) is 0 Å². The average Bonchev–Trinajstić information content (AvgIpc) is 3.05. The highest BCUT2D eigenvalue weighted by Crippen LogP contribution is 2.38. The van der Waals surface area contributed by atoms with E-state index in [1.165, 1.54) is 6.33 Å². The van der Waals surface area contributed by atoms with Crippen LogP contribution in [-0.2, 0) is 0 Å². The number of hydrogen-bond donors (Lipinski definition) is 1. The lowest BCUT2D eigenvalue weighted by atomic mass is 9.89. The number of rotatable bonds is 2. The van der Waals surface area contributed by atoms with Gasteiger partial charge < -0.3 is 14.5 Å². The molecular weight excluding hydrogens is 346 g/mol. The number of fused-ring (bicyclic) bond motifs is 1. The maximum absolute atomic E-state index is 12.6. The molecule has 140 valence electrons. The molecule has 2 aliphatic rings. The Balaban J connectivity index is 1.46. The number of amides is 2. The van der Waals surface area contributed by atoms with Crippen LogP contribution in [0.5, 0.6) is 5.75 Å². The Morgan fingerprint density at radius 3 is 2.93 bits per heavy atom. The Labute approximate surface area is 157 Å². The van der Waals surface area contributed by atoms with Gasteiger partial charge >= 0.3 is 6.03 Å². The highest BCUT2D eigenvalue weighted by Gasteiger charge is 2.47. The second-order valence-corrected chi connectivity index (χ2v) is 7.14. The van der Waals surface area contributed by atoms with Crippen molar-refractivity contribution in [1.82, 2.24) is 14.9 Å². The molecule has 1 unspecified atom stereocenters. The molecule has 2 aromatic rings. The molecule has 27 heavy (non-hydrogen) atoms. The molecule has 0 aliphatic carbocycles. The molecule has 2 amide bonds. The topological polar surface area (TPSA) is 87.7 Å². The number of urea groups is 1. The molecule has 1 atom stereocenters. The fourth-order valence-corrected chi connectivity index (χ4v) is 3.54. The van der Waals surface area contributed by atoms with Crippen LogP contribution in [0.3, 0.4) is 0 Å². The van der Waals surface area contributed by atoms with E-state index in [0.29, 0.717) is 42.5 Å². The maximum Gasteiger partial charge on any atom is 0.323 e. The number of ether oxygens (including phenoxy) is 1. The molecule has 1 aromatic carbocycles. The number of anilines is 2. The first-order chi connectivity index (χ1) is 13.0. The molecule has 8 nitrogen and oxygen atoms in total. The molecule has 2 aliphatic heterocycles. The van der Waals surface area contributed by atoms with Crippen molar-refractivity contribution in [2.24, 2.45) is 0 Å². The van der Waals surface area contributed by atoms with E-state index in [1.54, 1.807) is 23.1 Å². The van der Waals surface area contributed by atoms with E-state index in [9.17, 15) is 9.59 Å². The van der Waals surface area contributed by atoms with E-state index in [2.05, 4.69) is 15.3 Å². The molecule has 1 N–H and O–H groups in total. The number of aromatic nitrogens is 2. The lowest BCUT2D eigenvalue weighted by Gasteiger charge is -2.34. The van der Waals surface area contributed by atoms with Gasteiger partial charge in [0, 0.05) is 33.1 Å². The summed E-state index contributed by atoms with van der Waals surface area (Å²) >= 11 is 0. The summed E-state index contributed by atoms with van der Waals surface area (Å²) in [6.45, 7) is 0.886. The van der Waals surface area contributed by atoms with Crippen molar-refractivity contribution in [3.63, 3.8) is 0 Å². The Kier molecular flexibility index (Phi) is 4.18. The molecule has 3 heterocycles. The summed E-state index contributed by atoms with van der Waals surface area (Å²) in [7, 11) is 3.74. The Morgan fingerprint density at radius 2 is 2.11 bits per heavy atom. The third kappa shape index (κ3) is 3.30. The van der Waals surface area contributed by atoms with Crippen molar-refractivity contribution >= 4 is 23.5 Å². The van der Waals surface area contributed by atoms with Crippen molar-refractivity contribution in [3.05, 3.63) is 42.2 Å². The molecule has 1 aromatic heterocycles. The summed E-state index contributed by atoms with van der Waals surface area (Å²) in [6.07, 6.45) is 2.32. The Morgan fingerprint density at radius 1 is 1.30 bits per heavy atom. The predicted molar refractivity (Wildman–Crippen MR) is 100 cm³/mol. The number of nitrogens with one attached hydrogen (secondary N) is 1. The van der Waals surface area contributed by atoms with Gasteiger partial charge in [-0.1, -0.05) is 12.1 Å². The zero-order valence-electron chi connectivity index (χ0n) is 15.3. The number of carbonyl (C=O) groups excluding carboxylic acids is 2. The summed E-state index contributed by atoms with van der Waals surface area (Å²) < 4.78 is 6.16. The standard InChI is InChI=1S/C19H21N5O3/c1-23(2)17-9-16(20-12-21-17)22-18(26)24-8-7-19(11-24)10-14(25)13-5-3-4-6-15(13)27-19/h3-6,9,12H,7-8,10-11H2,1-2H3,(H,20,21,22,26). The summed E-state index contributed by atoms with van der Waals surface area (Å²) in [5.41, 5.74) is -0.0355. The largest absolute Gasteiger partial charge is 0.484 e. The molecule has 0 bridgehead atoms. The van der Waals surface area contributed by atoms with Crippen LogP contribution in [0.4, 0.5) is 16.4 Å². The van der Waals surface area contributed by atoms with Crippen molar-refractivity contribution in [3.8, 4) is 5.75 Å². The fraction of sp³-hybridized carbons (Fsp3) is 0.368. The van der Waals surface area contributed by atoms with Crippen LogP contribution in [0.1, 0.15) is 23.2 Å². The molecule has 1 saturated heterocycles. The third-order valence-electron chi connectivity index (χ3n) is 4.95. The second-order valence-electron chi connectivity index (χ2n) is 7.14. The highest BCUT2D eigenvalue weighted by atomic mass is 16.5. The number of nitrogens with zero attached hydrogens (tertiary/aromatic N) is 4. The molecule has 1 fully saturated rings. The van der Waals surface area contributed by atoms with Crippen LogP contribution < -0.4 is 15.0 Å². The van der Waals surface area contributed by atoms with Crippen molar-refractivity contribution in [2.75, 3.05) is 37.4 Å². The molecule has 1 spiro atoms. The smallest absolute Gasteiger partial charge is 0.323 e. The molecule has 0 radical (unpaired) electrons. The number of benzene rings is 1. The van der Waals surface area contributed by atoms with Crippen LogP contribution in [0.15, 0.2) is 36.7 Å². The summed E-state index contributed by atoms with van der Waals surface area (Å²) in [4.78, 5) is 36.9. The van der Waals surface area contributed by atoms with Gasteiger partial charge in [-0.15, -0.1) is 0 Å². The minimum absolute atomic E-state index is 0.0607. The van der Waals surface area contributed by atoms with E-state index < -0.39 is 5.60 Å². The zero-order chi connectivity index (χ0) is 19.0. The van der Waals surface area contributed by atoms with Crippen LogP contribution >= 0.6 is 0 Å². The normalized spacial score (nSPS) is 21.0. The summed E-state index contributed by atoms with van der Waals surface area (Å²) in [5, 5.41) is 2.80. The van der Waals surface area contributed by atoms with E-state index in [0.717, 1.165) is 0 Å². The van der Waals surface area contributed by atoms with Crippen LogP contribution in [-0.4, -0.2) is 59.5 Å². The quantitative estimate of drug-likeness (QED) is 0.875. The van der Waals surface area contributed by atoms with Gasteiger partial charge in [0.15, 0.2) is 5.78 Å². The van der Waals surface area contributed by atoms with E-state index >= 15 is 0 Å². The van der Waals surface area contributed by atoms with Crippen molar-refractivity contribution in [2.45, 2.75) is 18.4 Å². The second kappa shape index (κ2) is 6.53.